The number of carbonyl (C=O) groups is 1. The fourth-order valence-corrected chi connectivity index (χ4v) is 2.51. The van der Waals surface area contributed by atoms with Crippen molar-refractivity contribution in [2.24, 2.45) is 0 Å². The Kier molecular flexibility index (Phi) is 4.47. The molecule has 0 spiro atoms. The van der Waals surface area contributed by atoms with Crippen LogP contribution in [0.15, 0.2) is 10.7 Å². The first-order valence-electron chi connectivity index (χ1n) is 5.25. The van der Waals surface area contributed by atoms with E-state index in [1.807, 2.05) is 0 Å². The Balaban J connectivity index is 2.89. The molecule has 1 rings (SSSR count). The van der Waals surface area contributed by atoms with E-state index in [0.29, 0.717) is 0 Å². The van der Waals surface area contributed by atoms with Crippen molar-refractivity contribution in [2.45, 2.75) is 26.4 Å². The highest BCUT2D eigenvalue weighted by Gasteiger charge is 2.23. The fourth-order valence-electron chi connectivity index (χ4n) is 1.40. The summed E-state index contributed by atoms with van der Waals surface area (Å²) in [6.45, 7) is 3.46. The topological polar surface area (TPSA) is 89.7 Å². The van der Waals surface area contributed by atoms with E-state index < -0.39 is 16.0 Å². The van der Waals surface area contributed by atoms with Crippen molar-refractivity contribution in [2.75, 3.05) is 13.4 Å². The van der Waals surface area contributed by atoms with E-state index in [0.717, 1.165) is 12.5 Å². The molecular formula is C10H16N2O5S. The van der Waals surface area contributed by atoms with Crippen LogP contribution in [-0.2, 0) is 21.3 Å². The number of esters is 1. The summed E-state index contributed by atoms with van der Waals surface area (Å²) in [7, 11) is -2.13. The zero-order valence-corrected chi connectivity index (χ0v) is 11.5. The first-order valence-corrected chi connectivity index (χ1v) is 7.10. The van der Waals surface area contributed by atoms with Crippen molar-refractivity contribution in [1.82, 2.24) is 9.29 Å². The average molecular weight is 276 g/mol. The molecule has 0 aliphatic rings. The highest BCUT2D eigenvalue weighted by Crippen LogP contribution is 2.12. The molecule has 0 amide bonds. The van der Waals surface area contributed by atoms with Gasteiger partial charge in [0.05, 0.1) is 19.9 Å². The Hall–Kier alpha value is -1.41. The van der Waals surface area contributed by atoms with Crippen LogP contribution in [0.3, 0.4) is 0 Å². The lowest BCUT2D eigenvalue weighted by Gasteiger charge is -2.21. The number of carbonyl (C=O) groups excluding carboxylic acids is 1. The summed E-state index contributed by atoms with van der Waals surface area (Å²) >= 11 is 0. The first kappa shape index (κ1) is 14.7. The Morgan fingerprint density at radius 3 is 2.61 bits per heavy atom. The second-order valence-electron chi connectivity index (χ2n) is 4.02. The molecule has 0 saturated carbocycles. The minimum Gasteiger partial charge on any atom is -0.464 e. The van der Waals surface area contributed by atoms with Crippen LogP contribution in [-0.4, -0.2) is 43.1 Å². The molecule has 0 N–H and O–H groups in total. The van der Waals surface area contributed by atoms with Crippen molar-refractivity contribution < 1.29 is 22.4 Å². The highest BCUT2D eigenvalue weighted by molar-refractivity contribution is 7.88. The second-order valence-corrected chi connectivity index (χ2v) is 5.96. The monoisotopic (exact) mass is 276 g/mol. The van der Waals surface area contributed by atoms with Gasteiger partial charge in [-0.2, -0.15) is 4.31 Å². The maximum Gasteiger partial charge on any atom is 0.360 e. The zero-order valence-electron chi connectivity index (χ0n) is 10.7. The van der Waals surface area contributed by atoms with Gasteiger partial charge in [0.15, 0.2) is 5.69 Å². The number of ether oxygens (including phenoxy) is 1. The Morgan fingerprint density at radius 2 is 2.17 bits per heavy atom. The molecule has 8 heteroatoms. The van der Waals surface area contributed by atoms with Gasteiger partial charge in [0.2, 0.25) is 15.9 Å². The number of methoxy groups -OCH3 is 1. The molecule has 0 saturated heterocycles. The lowest BCUT2D eigenvalue weighted by Crippen LogP contribution is -2.35. The van der Waals surface area contributed by atoms with Gasteiger partial charge < -0.3 is 9.15 Å². The maximum absolute atomic E-state index is 11.5. The average Bonchev–Trinajstić information content (AvgIpc) is 2.71. The Labute approximate surface area is 106 Å². The molecular weight excluding hydrogens is 260 g/mol. The molecule has 18 heavy (non-hydrogen) atoms. The first-order chi connectivity index (χ1) is 8.25. The molecule has 0 unspecified atom stereocenters. The molecule has 0 aliphatic carbocycles. The van der Waals surface area contributed by atoms with E-state index in [2.05, 4.69) is 9.72 Å². The third-order valence-electron chi connectivity index (χ3n) is 2.24. The largest absolute Gasteiger partial charge is 0.464 e. The van der Waals surface area contributed by atoms with Crippen molar-refractivity contribution in [3.05, 3.63) is 17.8 Å². The van der Waals surface area contributed by atoms with E-state index in [9.17, 15) is 13.2 Å². The van der Waals surface area contributed by atoms with Gasteiger partial charge >= 0.3 is 5.97 Å². The van der Waals surface area contributed by atoms with Crippen molar-refractivity contribution in [3.8, 4) is 0 Å². The molecule has 1 heterocycles. The Morgan fingerprint density at radius 1 is 1.56 bits per heavy atom. The van der Waals surface area contributed by atoms with Crippen LogP contribution >= 0.6 is 0 Å². The summed E-state index contributed by atoms with van der Waals surface area (Å²) in [4.78, 5) is 15.0. The van der Waals surface area contributed by atoms with Crippen molar-refractivity contribution in [3.63, 3.8) is 0 Å². The third kappa shape index (κ3) is 3.54. The molecule has 0 radical (unpaired) electrons. The quantitative estimate of drug-likeness (QED) is 0.733. The van der Waals surface area contributed by atoms with Gasteiger partial charge in [0.25, 0.3) is 0 Å². The van der Waals surface area contributed by atoms with Crippen molar-refractivity contribution in [1.29, 1.82) is 0 Å². The summed E-state index contributed by atoms with van der Waals surface area (Å²) in [5, 5.41) is 0. The van der Waals surface area contributed by atoms with Crippen molar-refractivity contribution >= 4 is 16.0 Å². The SMILES string of the molecule is COC(=O)c1coc(CN(C(C)C)S(C)(=O)=O)n1. The predicted molar refractivity (Wildman–Crippen MR) is 63.4 cm³/mol. The van der Waals surface area contributed by atoms with Gasteiger partial charge in [-0.05, 0) is 13.8 Å². The maximum atomic E-state index is 11.5. The number of sulfonamides is 1. The van der Waals surface area contributed by atoms with Gasteiger partial charge in [-0.1, -0.05) is 0 Å². The molecule has 0 aromatic carbocycles. The van der Waals surface area contributed by atoms with E-state index in [4.69, 9.17) is 4.42 Å². The van der Waals surface area contributed by atoms with E-state index >= 15 is 0 Å². The predicted octanol–water partition coefficient (Wildman–Crippen LogP) is 0.631. The minimum absolute atomic E-state index is 0.0182. The number of hydrogen-bond acceptors (Lipinski definition) is 6. The van der Waals surface area contributed by atoms with Crippen LogP contribution in [0.25, 0.3) is 0 Å². The highest BCUT2D eigenvalue weighted by atomic mass is 32.2. The standard InChI is InChI=1S/C10H16N2O5S/c1-7(2)12(18(4,14)15)5-9-11-8(6-17-9)10(13)16-3/h6-7H,5H2,1-4H3. The summed E-state index contributed by atoms with van der Waals surface area (Å²) in [5.74, 6) is -0.477. The minimum atomic E-state index is -3.36. The summed E-state index contributed by atoms with van der Waals surface area (Å²) in [5.41, 5.74) is 0.0182. The number of oxazole rings is 1. The van der Waals surface area contributed by atoms with Crippen LogP contribution in [0, 0.1) is 0 Å². The molecule has 0 fully saturated rings. The number of aromatic nitrogens is 1. The fraction of sp³-hybridized carbons (Fsp3) is 0.600. The lowest BCUT2D eigenvalue weighted by molar-refractivity contribution is 0.0594. The van der Waals surface area contributed by atoms with Crippen LogP contribution < -0.4 is 0 Å². The van der Waals surface area contributed by atoms with Gasteiger partial charge in [-0.25, -0.2) is 18.2 Å². The summed E-state index contributed by atoms with van der Waals surface area (Å²) in [6.07, 6.45) is 2.25. The van der Waals surface area contributed by atoms with E-state index in [-0.39, 0.29) is 24.2 Å². The molecule has 102 valence electrons. The number of rotatable bonds is 5. The third-order valence-corrected chi connectivity index (χ3v) is 3.64. The number of hydrogen-bond donors (Lipinski definition) is 0. The van der Waals surface area contributed by atoms with Crippen LogP contribution in [0.1, 0.15) is 30.2 Å². The molecule has 0 atom stereocenters. The van der Waals surface area contributed by atoms with Crippen LogP contribution in [0.4, 0.5) is 0 Å². The van der Waals surface area contributed by atoms with Gasteiger partial charge in [0, 0.05) is 6.04 Å². The normalized spacial score (nSPS) is 12.1. The van der Waals surface area contributed by atoms with E-state index in [1.165, 1.54) is 11.4 Å². The molecule has 0 bridgehead atoms. The zero-order chi connectivity index (χ0) is 13.9. The van der Waals surface area contributed by atoms with Gasteiger partial charge in [-0.15, -0.1) is 0 Å². The summed E-state index contributed by atoms with van der Waals surface area (Å²) in [6, 6.07) is -0.228. The van der Waals surface area contributed by atoms with Gasteiger partial charge in [-0.3, -0.25) is 0 Å². The number of nitrogens with zero attached hydrogens (tertiary/aromatic N) is 2. The molecule has 0 aliphatic heterocycles. The van der Waals surface area contributed by atoms with E-state index in [1.54, 1.807) is 13.8 Å². The van der Waals surface area contributed by atoms with Crippen LogP contribution in [0.5, 0.6) is 0 Å². The molecule has 1 aromatic rings. The lowest BCUT2D eigenvalue weighted by atomic mass is 10.4. The summed E-state index contributed by atoms with van der Waals surface area (Å²) < 4.78 is 33.8. The molecule has 1 aromatic heterocycles. The second kappa shape index (κ2) is 5.49. The van der Waals surface area contributed by atoms with Crippen LogP contribution in [0.2, 0.25) is 0 Å². The Bertz CT molecular complexity index is 520. The smallest absolute Gasteiger partial charge is 0.360 e. The van der Waals surface area contributed by atoms with Gasteiger partial charge in [0.1, 0.15) is 6.26 Å². The molecule has 7 nitrogen and oxygen atoms in total.